The van der Waals surface area contributed by atoms with Gasteiger partial charge >= 0.3 is 59.1 Å². The van der Waals surface area contributed by atoms with Crippen LogP contribution in [0, 0.1) is 0 Å². The quantitative estimate of drug-likeness (QED) is 0.00617. The molecule has 0 saturated heterocycles. The molecule has 0 saturated carbocycles. The number of phenols is 1. The van der Waals surface area contributed by atoms with Crippen LogP contribution < -0.4 is 90.2 Å². The smallest absolute Gasteiger partial charge is 0.740 e. The maximum absolute atomic E-state index is 11.0. The molecule has 0 aliphatic rings. The number of azo groups is 1. The zero-order chi connectivity index (χ0) is 35.0. The SMILES string of the molecule is Nc1ccc2cc(OS(=O)[O-])cc(O)c2c1N=Nc1ccc(Nc2nc(NCCOCCO)nc(NCCOCCO)n2)cc1SOO[O-].[Na+].[Na+]. The monoisotopic (exact) mass is 767 g/mol. The molecule has 51 heavy (non-hydrogen) atoms. The minimum absolute atomic E-state index is 0. The zero-order valence-electron chi connectivity index (χ0n) is 27.4. The van der Waals surface area contributed by atoms with Crippen molar-refractivity contribution in [2.24, 2.45) is 10.2 Å². The molecule has 4 rings (SSSR count). The predicted octanol–water partition coefficient (Wildman–Crippen LogP) is -4.28. The molecule has 4 aromatic rings. The maximum Gasteiger partial charge on any atom is 1.00 e. The van der Waals surface area contributed by atoms with Gasteiger partial charge in [0.2, 0.25) is 17.8 Å². The number of hydrogen-bond donors (Lipinski definition) is 7. The van der Waals surface area contributed by atoms with Crippen molar-refractivity contribution in [3.63, 3.8) is 0 Å². The molecule has 0 aliphatic carbocycles. The van der Waals surface area contributed by atoms with E-state index in [1.807, 2.05) is 0 Å². The van der Waals surface area contributed by atoms with Crippen LogP contribution in [-0.4, -0.2) is 91.8 Å². The fourth-order valence-electron chi connectivity index (χ4n) is 4.07. The Morgan fingerprint density at radius 1 is 0.882 bits per heavy atom. The Morgan fingerprint density at radius 3 is 2.14 bits per heavy atom. The molecule has 1 aromatic heterocycles. The summed E-state index contributed by atoms with van der Waals surface area (Å²) in [6.07, 6.45) is 0. The largest absolute Gasteiger partial charge is 1.00 e. The topological polar surface area (TPSA) is 296 Å². The number of nitrogen functional groups attached to an aromatic ring is 1. The normalized spacial score (nSPS) is 11.5. The third-order valence-electron chi connectivity index (χ3n) is 6.03. The molecule has 0 fully saturated rings. The summed E-state index contributed by atoms with van der Waals surface area (Å²) in [5, 5.41) is 60.7. The number of benzene rings is 3. The molecule has 264 valence electrons. The van der Waals surface area contributed by atoms with Gasteiger partial charge in [0.1, 0.15) is 34.2 Å². The first kappa shape index (κ1) is 44.7. The van der Waals surface area contributed by atoms with Crippen molar-refractivity contribution in [1.82, 2.24) is 15.0 Å². The Hall–Kier alpha value is -2.49. The van der Waals surface area contributed by atoms with Gasteiger partial charge < -0.3 is 60.5 Å². The predicted molar refractivity (Wildman–Crippen MR) is 174 cm³/mol. The van der Waals surface area contributed by atoms with Crippen LogP contribution in [-0.2, 0) is 30.2 Å². The van der Waals surface area contributed by atoms with Gasteiger partial charge in [0.25, 0.3) is 0 Å². The summed E-state index contributed by atoms with van der Waals surface area (Å²) >= 11 is -2.31. The average Bonchev–Trinajstić information content (AvgIpc) is 3.07. The van der Waals surface area contributed by atoms with Gasteiger partial charge in [-0.1, -0.05) is 6.07 Å². The molecule has 1 unspecified atom stereocenters. The van der Waals surface area contributed by atoms with E-state index < -0.39 is 11.4 Å². The van der Waals surface area contributed by atoms with E-state index in [0.717, 1.165) is 6.07 Å². The summed E-state index contributed by atoms with van der Waals surface area (Å²) in [6, 6.07) is 10.2. The van der Waals surface area contributed by atoms with Gasteiger partial charge in [-0.05, 0) is 35.7 Å². The van der Waals surface area contributed by atoms with Crippen LogP contribution in [0.1, 0.15) is 0 Å². The van der Waals surface area contributed by atoms with Crippen LogP contribution in [0.2, 0.25) is 0 Å². The Bertz CT molecular complexity index is 1720. The second kappa shape index (κ2) is 23.9. The van der Waals surface area contributed by atoms with Crippen LogP contribution in [0.5, 0.6) is 11.5 Å². The number of nitrogens with two attached hydrogens (primary N) is 1. The Labute approximate surface area is 342 Å². The minimum Gasteiger partial charge on any atom is -0.740 e. The van der Waals surface area contributed by atoms with Gasteiger partial charge in [0, 0.05) is 24.8 Å². The number of aromatic nitrogens is 3. The summed E-state index contributed by atoms with van der Waals surface area (Å²) in [7, 11) is 0. The number of aliphatic hydroxyl groups is 2. The van der Waals surface area contributed by atoms with E-state index in [1.54, 1.807) is 18.2 Å². The van der Waals surface area contributed by atoms with E-state index in [9.17, 15) is 19.1 Å². The number of aromatic hydroxyl groups is 1. The molecule has 0 aliphatic heterocycles. The molecule has 8 N–H and O–H groups in total. The Kier molecular flexibility index (Phi) is 21.0. The first-order valence-corrected chi connectivity index (χ1v) is 15.9. The van der Waals surface area contributed by atoms with Gasteiger partial charge in [-0.15, -0.1) is 10.2 Å². The van der Waals surface area contributed by atoms with Crippen molar-refractivity contribution in [2.75, 3.05) is 74.4 Å². The number of fused-ring (bicyclic) bond motifs is 1. The summed E-state index contributed by atoms with van der Waals surface area (Å²) < 4.78 is 41.6. The van der Waals surface area contributed by atoms with Gasteiger partial charge in [0.15, 0.2) is 0 Å². The molecule has 1 atom stereocenters. The second-order valence-corrected chi connectivity index (χ2v) is 10.7. The summed E-state index contributed by atoms with van der Waals surface area (Å²) in [4.78, 5) is 13.3. The first-order chi connectivity index (χ1) is 23.8. The van der Waals surface area contributed by atoms with E-state index in [2.05, 4.69) is 54.7 Å². The van der Waals surface area contributed by atoms with Gasteiger partial charge in [-0.2, -0.15) is 19.3 Å². The molecular weight excluding hydrogens is 736 g/mol. The maximum atomic E-state index is 11.0. The molecule has 0 radical (unpaired) electrons. The Morgan fingerprint density at radius 2 is 1.53 bits per heavy atom. The fraction of sp³-hybridized carbons (Fsp3) is 0.296. The van der Waals surface area contributed by atoms with Crippen LogP contribution in [0.3, 0.4) is 0 Å². The van der Waals surface area contributed by atoms with E-state index in [-0.39, 0.29) is 155 Å². The molecule has 0 amide bonds. The molecule has 1 heterocycles. The molecule has 0 spiro atoms. The van der Waals surface area contributed by atoms with Gasteiger partial charge in [0.05, 0.1) is 67.7 Å². The number of rotatable bonds is 21. The first-order valence-electron chi connectivity index (χ1n) is 14.2. The number of anilines is 5. The summed E-state index contributed by atoms with van der Waals surface area (Å²) in [5.74, 6) is 0.0744. The molecule has 20 nitrogen and oxygen atoms in total. The van der Waals surface area contributed by atoms with Gasteiger partial charge in [-0.3, -0.25) is 5.04 Å². The molecular formula is C27H31N9Na2O11S2. The second-order valence-electron chi connectivity index (χ2n) is 9.39. The molecule has 3 aromatic carbocycles. The Balaban J connectivity index is 0.00000451. The van der Waals surface area contributed by atoms with E-state index in [1.165, 1.54) is 18.2 Å². The molecule has 24 heteroatoms. The summed E-state index contributed by atoms with van der Waals surface area (Å²) in [6.45, 7) is 1.41. The van der Waals surface area contributed by atoms with E-state index in [4.69, 9.17) is 25.4 Å². The van der Waals surface area contributed by atoms with Crippen LogP contribution in [0.4, 0.5) is 40.6 Å². The van der Waals surface area contributed by atoms with E-state index >= 15 is 0 Å². The fourth-order valence-corrected chi connectivity index (χ4v) is 4.79. The zero-order valence-corrected chi connectivity index (χ0v) is 33.1. The standard InChI is InChI=1S/C27H33N9O11S2.2Na/c28-19-3-1-16-13-18(45-49(41)42)15-21(39)23(16)24(19)36-35-20-4-2-17(14-22(20)48-47-46-40)31-27-33-25(29-5-9-43-11-7-37)32-26(34-27)30-6-10-44-12-8-38;;/h1-4,13-15,37-40H,5-12,28H2,(H,41,42)(H3,29,30,31,32,33,34);;/q;2*+1/p-2. The number of hydrogen-bond acceptors (Lipinski definition) is 21. The van der Waals surface area contributed by atoms with Crippen LogP contribution >= 0.6 is 12.0 Å². The number of phenolic OH excluding ortho intramolecular Hbond substituents is 1. The van der Waals surface area contributed by atoms with Crippen molar-refractivity contribution in [3.8, 4) is 11.5 Å². The third kappa shape index (κ3) is 14.5. The van der Waals surface area contributed by atoms with Crippen molar-refractivity contribution >= 4 is 74.8 Å². The third-order valence-corrected chi connectivity index (χ3v) is 6.99. The van der Waals surface area contributed by atoms with E-state index in [0.29, 0.717) is 36.2 Å². The number of nitrogens with zero attached hydrogens (tertiary/aromatic N) is 5. The minimum atomic E-state index is -2.85. The van der Waals surface area contributed by atoms with Crippen molar-refractivity contribution in [3.05, 3.63) is 42.5 Å². The van der Waals surface area contributed by atoms with Crippen molar-refractivity contribution in [1.29, 1.82) is 0 Å². The van der Waals surface area contributed by atoms with Crippen molar-refractivity contribution < 1.29 is 111 Å². The van der Waals surface area contributed by atoms with Crippen LogP contribution in [0.25, 0.3) is 10.8 Å². The summed E-state index contributed by atoms with van der Waals surface area (Å²) in [5.41, 5.74) is 7.01. The molecule has 0 bridgehead atoms. The number of ether oxygens (including phenoxy) is 2. The van der Waals surface area contributed by atoms with Gasteiger partial charge in [-0.25, -0.2) is 4.21 Å². The number of nitrogens with one attached hydrogen (secondary N) is 3. The number of aliphatic hydroxyl groups excluding tert-OH is 2. The van der Waals surface area contributed by atoms with Crippen molar-refractivity contribution in [2.45, 2.75) is 4.90 Å². The van der Waals surface area contributed by atoms with Crippen LogP contribution in [0.15, 0.2) is 57.6 Å². The average molecular weight is 768 g/mol.